The van der Waals surface area contributed by atoms with Crippen LogP contribution in [0.3, 0.4) is 0 Å². The molecule has 0 radical (unpaired) electrons. The Hall–Kier alpha value is -3.60. The number of hydrogen-bond donors (Lipinski definition) is 4. The van der Waals surface area contributed by atoms with Gasteiger partial charge in [-0.05, 0) is 41.3 Å². The van der Waals surface area contributed by atoms with Crippen LogP contribution in [0.4, 0.5) is 10.2 Å². The second-order valence-corrected chi connectivity index (χ2v) is 9.71. The number of hydrogen-bond acceptors (Lipinski definition) is 7. The SMILES string of the molecule is CCC(=O)N[C@H]1C[C@@H](n2cnc3c(NCC(c4ccccc4)c4ccc(F)cc4)nc(Cl)nc32)[C@H](O)[C@@H]1O. The Morgan fingerprint density at radius 1 is 1.11 bits per heavy atom. The van der Waals surface area contributed by atoms with Crippen molar-refractivity contribution in [3.05, 3.63) is 83.2 Å². The molecule has 0 saturated heterocycles. The van der Waals surface area contributed by atoms with Crippen LogP contribution in [0.2, 0.25) is 5.28 Å². The molecule has 0 bridgehead atoms. The highest BCUT2D eigenvalue weighted by atomic mass is 35.5. The Balaban J connectivity index is 1.43. The number of benzene rings is 2. The zero-order valence-electron chi connectivity index (χ0n) is 20.6. The fraction of sp³-hybridized carbons (Fsp3) is 0.333. The Bertz CT molecular complexity index is 1420. The van der Waals surface area contributed by atoms with Crippen molar-refractivity contribution >= 4 is 34.5 Å². The monoisotopic (exact) mass is 538 g/mol. The summed E-state index contributed by atoms with van der Waals surface area (Å²) in [6.07, 6.45) is -0.173. The van der Waals surface area contributed by atoms with Gasteiger partial charge in [0.1, 0.15) is 18.0 Å². The summed E-state index contributed by atoms with van der Waals surface area (Å²) in [4.78, 5) is 25.1. The summed E-state index contributed by atoms with van der Waals surface area (Å²) < 4.78 is 15.3. The molecule has 2 aromatic carbocycles. The Kier molecular flexibility index (Phi) is 7.55. The molecule has 2 heterocycles. The minimum Gasteiger partial charge on any atom is -0.388 e. The second kappa shape index (κ2) is 11.0. The first-order chi connectivity index (χ1) is 18.4. The van der Waals surface area contributed by atoms with E-state index in [4.69, 9.17) is 11.6 Å². The lowest BCUT2D eigenvalue weighted by atomic mass is 9.91. The quantitative estimate of drug-likeness (QED) is 0.253. The highest BCUT2D eigenvalue weighted by molar-refractivity contribution is 6.28. The van der Waals surface area contributed by atoms with E-state index < -0.39 is 24.3 Å². The zero-order chi connectivity index (χ0) is 26.8. The number of rotatable bonds is 8. The predicted molar refractivity (Wildman–Crippen MR) is 141 cm³/mol. The lowest BCUT2D eigenvalue weighted by molar-refractivity contribution is -0.122. The zero-order valence-corrected chi connectivity index (χ0v) is 21.4. The van der Waals surface area contributed by atoms with Crippen LogP contribution in [0.1, 0.15) is 42.9 Å². The van der Waals surface area contributed by atoms with Gasteiger partial charge in [-0.1, -0.05) is 49.4 Å². The standard InChI is InChI=1S/C27H28ClFN6O3/c1-2-21(36)32-19-12-20(24(38)23(19)37)35-14-31-22-25(33-27(28)34-26(22)35)30-13-18(15-6-4-3-5-7-15)16-8-10-17(29)11-9-16/h3-11,14,18-20,23-24,37-38H,2,12-13H2,1H3,(H,32,36)(H,30,33,34)/t18?,19-,20+,23+,24-/m0/s1. The van der Waals surface area contributed by atoms with Gasteiger partial charge in [0.25, 0.3) is 0 Å². The van der Waals surface area contributed by atoms with Gasteiger partial charge in [-0.3, -0.25) is 4.79 Å². The average molecular weight is 539 g/mol. The van der Waals surface area contributed by atoms with Crippen molar-refractivity contribution in [3.8, 4) is 0 Å². The third kappa shape index (κ3) is 5.20. The van der Waals surface area contributed by atoms with Gasteiger partial charge in [-0.2, -0.15) is 9.97 Å². The van der Waals surface area contributed by atoms with E-state index >= 15 is 0 Å². The number of aromatic nitrogens is 4. The Labute approximate surface area is 223 Å². The van der Waals surface area contributed by atoms with Gasteiger partial charge in [0.05, 0.1) is 18.4 Å². The van der Waals surface area contributed by atoms with Crippen LogP contribution in [-0.4, -0.2) is 60.4 Å². The number of amides is 1. The molecular weight excluding hydrogens is 511 g/mol. The van der Waals surface area contributed by atoms with Crippen molar-refractivity contribution in [2.24, 2.45) is 0 Å². The summed E-state index contributed by atoms with van der Waals surface area (Å²) in [6.45, 7) is 2.14. The van der Waals surface area contributed by atoms with Gasteiger partial charge in [-0.15, -0.1) is 0 Å². The lowest BCUT2D eigenvalue weighted by Crippen LogP contribution is -2.42. The Morgan fingerprint density at radius 3 is 2.53 bits per heavy atom. The molecule has 4 aromatic rings. The normalized spacial score (nSPS) is 21.9. The van der Waals surface area contributed by atoms with Crippen molar-refractivity contribution in [1.82, 2.24) is 24.8 Å². The molecule has 4 N–H and O–H groups in total. The van der Waals surface area contributed by atoms with Crippen molar-refractivity contribution in [2.45, 2.75) is 50.0 Å². The van der Waals surface area contributed by atoms with Crippen molar-refractivity contribution in [3.63, 3.8) is 0 Å². The smallest absolute Gasteiger partial charge is 0.226 e. The first-order valence-corrected chi connectivity index (χ1v) is 12.8. The molecule has 0 spiro atoms. The van der Waals surface area contributed by atoms with Gasteiger partial charge < -0.3 is 25.4 Å². The topological polar surface area (TPSA) is 125 Å². The van der Waals surface area contributed by atoms with E-state index in [1.165, 1.54) is 18.5 Å². The molecule has 2 aromatic heterocycles. The van der Waals surface area contributed by atoms with Crippen molar-refractivity contribution < 1.29 is 19.4 Å². The fourth-order valence-electron chi connectivity index (χ4n) is 5.00. The first kappa shape index (κ1) is 26.0. The first-order valence-electron chi connectivity index (χ1n) is 12.5. The fourth-order valence-corrected chi connectivity index (χ4v) is 5.16. The van der Waals surface area contributed by atoms with E-state index in [0.29, 0.717) is 29.9 Å². The number of aliphatic hydroxyl groups is 2. The van der Waals surface area contributed by atoms with Gasteiger partial charge in [0, 0.05) is 18.9 Å². The molecule has 198 valence electrons. The van der Waals surface area contributed by atoms with Crippen molar-refractivity contribution in [1.29, 1.82) is 0 Å². The summed E-state index contributed by atoms with van der Waals surface area (Å²) in [5, 5.41) is 27.4. The molecular formula is C27H28ClFN6O3. The Morgan fingerprint density at radius 2 is 1.82 bits per heavy atom. The third-order valence-electron chi connectivity index (χ3n) is 7.02. The number of carbonyl (C=O) groups excluding carboxylic acids is 1. The van der Waals surface area contributed by atoms with E-state index in [9.17, 15) is 19.4 Å². The van der Waals surface area contributed by atoms with Gasteiger partial charge in [0.2, 0.25) is 11.2 Å². The van der Waals surface area contributed by atoms with Crippen LogP contribution < -0.4 is 10.6 Å². The highest BCUT2D eigenvalue weighted by Crippen LogP contribution is 2.35. The van der Waals surface area contributed by atoms with Gasteiger partial charge >= 0.3 is 0 Å². The summed E-state index contributed by atoms with van der Waals surface area (Å²) >= 11 is 6.29. The molecule has 1 aliphatic rings. The summed E-state index contributed by atoms with van der Waals surface area (Å²) in [5.41, 5.74) is 2.80. The molecule has 1 saturated carbocycles. The maximum atomic E-state index is 13.6. The van der Waals surface area contributed by atoms with Crippen LogP contribution in [0, 0.1) is 5.82 Å². The number of nitrogens with zero attached hydrogens (tertiary/aromatic N) is 4. The van der Waals surface area contributed by atoms with Crippen LogP contribution in [0.25, 0.3) is 11.2 Å². The van der Waals surface area contributed by atoms with E-state index in [2.05, 4.69) is 25.6 Å². The lowest BCUT2D eigenvalue weighted by Gasteiger charge is -2.20. The molecule has 11 heteroatoms. The summed E-state index contributed by atoms with van der Waals surface area (Å²) in [5.74, 6) is -0.217. The van der Waals surface area contributed by atoms with Crippen LogP contribution >= 0.6 is 11.6 Å². The van der Waals surface area contributed by atoms with E-state index in [1.807, 2.05) is 30.3 Å². The van der Waals surface area contributed by atoms with Crippen LogP contribution in [0.15, 0.2) is 60.9 Å². The number of carbonyl (C=O) groups is 1. The van der Waals surface area contributed by atoms with E-state index in [1.54, 1.807) is 23.6 Å². The van der Waals surface area contributed by atoms with Crippen molar-refractivity contribution in [2.75, 3.05) is 11.9 Å². The molecule has 38 heavy (non-hydrogen) atoms. The minimum atomic E-state index is -1.14. The molecule has 5 rings (SSSR count). The van der Waals surface area contributed by atoms with Crippen LogP contribution in [-0.2, 0) is 4.79 Å². The number of aliphatic hydroxyl groups excluding tert-OH is 2. The summed E-state index contributed by atoms with van der Waals surface area (Å²) in [6, 6.07) is 15.1. The van der Waals surface area contributed by atoms with Gasteiger partial charge in [0.15, 0.2) is 17.0 Å². The highest BCUT2D eigenvalue weighted by Gasteiger charge is 2.43. The summed E-state index contributed by atoms with van der Waals surface area (Å²) in [7, 11) is 0. The number of imidazole rings is 1. The van der Waals surface area contributed by atoms with Gasteiger partial charge in [-0.25, -0.2) is 9.37 Å². The predicted octanol–water partition coefficient (Wildman–Crippen LogP) is 3.42. The number of fused-ring (bicyclic) bond motifs is 1. The number of anilines is 1. The van der Waals surface area contributed by atoms with Crippen LogP contribution in [0.5, 0.6) is 0 Å². The third-order valence-corrected chi connectivity index (χ3v) is 7.19. The maximum Gasteiger partial charge on any atom is 0.226 e. The average Bonchev–Trinajstić information content (AvgIpc) is 3.46. The molecule has 9 nitrogen and oxygen atoms in total. The molecule has 1 amide bonds. The largest absolute Gasteiger partial charge is 0.388 e. The second-order valence-electron chi connectivity index (χ2n) is 9.37. The van der Waals surface area contributed by atoms with E-state index in [0.717, 1.165) is 11.1 Å². The molecule has 0 aliphatic heterocycles. The maximum absolute atomic E-state index is 13.6. The van der Waals surface area contributed by atoms with E-state index in [-0.39, 0.29) is 29.3 Å². The molecule has 1 aliphatic carbocycles. The molecule has 1 unspecified atom stereocenters. The number of nitrogens with one attached hydrogen (secondary N) is 2. The number of halogens is 2. The minimum absolute atomic E-state index is 0.0105. The molecule has 1 fully saturated rings. The molecule has 5 atom stereocenters.